The molecular formula is C28H30N2O5. The summed E-state index contributed by atoms with van der Waals surface area (Å²) < 4.78 is 5.64. The molecule has 6 rings (SSSR count). The topological polar surface area (TPSA) is 105 Å². The highest BCUT2D eigenvalue weighted by atomic mass is 16.5. The second kappa shape index (κ2) is 7.83. The molecule has 2 aromatic carbocycles. The van der Waals surface area contributed by atoms with E-state index in [2.05, 4.69) is 34.9 Å². The summed E-state index contributed by atoms with van der Waals surface area (Å²) in [6, 6.07) is 16.3. The van der Waals surface area contributed by atoms with E-state index in [4.69, 9.17) is 4.74 Å². The Bertz CT molecular complexity index is 1160. The molecule has 4 aliphatic rings. The summed E-state index contributed by atoms with van der Waals surface area (Å²) in [7, 11) is 0. The van der Waals surface area contributed by atoms with Crippen LogP contribution in [0.5, 0.6) is 0 Å². The predicted octanol–water partition coefficient (Wildman–Crippen LogP) is 4.35. The first-order valence-corrected chi connectivity index (χ1v) is 12.5. The number of rotatable bonds is 7. The molecule has 35 heavy (non-hydrogen) atoms. The maximum atomic E-state index is 12.8. The Labute approximate surface area is 204 Å². The fourth-order valence-electron chi connectivity index (χ4n) is 6.52. The number of alkyl carbamates (subject to hydrolysis) is 1. The summed E-state index contributed by atoms with van der Waals surface area (Å²) in [5, 5.41) is 15.4. The van der Waals surface area contributed by atoms with Crippen molar-refractivity contribution in [3.63, 3.8) is 0 Å². The Hall–Kier alpha value is -3.35. The number of carbonyl (C=O) groups excluding carboxylic acids is 2. The monoisotopic (exact) mass is 474 g/mol. The zero-order valence-corrected chi connectivity index (χ0v) is 19.6. The number of fused-ring (bicyclic) bond motifs is 3. The van der Waals surface area contributed by atoms with Crippen LogP contribution in [0.2, 0.25) is 0 Å². The minimum absolute atomic E-state index is 0.0283. The van der Waals surface area contributed by atoms with Gasteiger partial charge in [-0.25, -0.2) is 9.59 Å². The molecule has 0 unspecified atom stereocenters. The van der Waals surface area contributed by atoms with Crippen LogP contribution in [0.3, 0.4) is 0 Å². The van der Waals surface area contributed by atoms with Gasteiger partial charge in [0.15, 0.2) is 0 Å². The van der Waals surface area contributed by atoms with Crippen molar-refractivity contribution in [3.8, 4) is 11.1 Å². The SMILES string of the molecule is O=C(CC1(NC(=O)OCC2c3ccccc3-c3ccccc32)CC1)NC1(C(=O)O)CC2(CCC2)C1. The number of amides is 2. The minimum Gasteiger partial charge on any atom is -0.480 e. The second-order valence-electron chi connectivity index (χ2n) is 11.1. The molecule has 3 N–H and O–H groups in total. The fourth-order valence-corrected chi connectivity index (χ4v) is 6.52. The number of carbonyl (C=O) groups is 3. The van der Waals surface area contributed by atoms with Crippen molar-refractivity contribution in [2.45, 2.75) is 68.4 Å². The first-order valence-electron chi connectivity index (χ1n) is 12.5. The minimum atomic E-state index is -1.16. The molecule has 0 radical (unpaired) electrons. The normalized spacial score (nSPS) is 21.6. The van der Waals surface area contributed by atoms with E-state index < -0.39 is 23.1 Å². The summed E-state index contributed by atoms with van der Waals surface area (Å²) in [5.41, 5.74) is 2.93. The van der Waals surface area contributed by atoms with Crippen LogP contribution in [0, 0.1) is 5.41 Å². The van der Waals surface area contributed by atoms with Gasteiger partial charge in [0.25, 0.3) is 0 Å². The maximum absolute atomic E-state index is 12.8. The summed E-state index contributed by atoms with van der Waals surface area (Å²) in [5.74, 6) is -1.31. The number of hydrogen-bond acceptors (Lipinski definition) is 4. The molecule has 4 aliphatic carbocycles. The number of ether oxygens (including phenoxy) is 1. The molecule has 0 bridgehead atoms. The van der Waals surface area contributed by atoms with Crippen LogP contribution in [-0.2, 0) is 14.3 Å². The Morgan fingerprint density at radius 1 is 0.886 bits per heavy atom. The van der Waals surface area contributed by atoms with Gasteiger partial charge < -0.3 is 20.5 Å². The third-order valence-electron chi connectivity index (χ3n) is 8.62. The molecule has 0 atom stereocenters. The molecule has 2 amide bonds. The molecule has 7 nitrogen and oxygen atoms in total. The van der Waals surface area contributed by atoms with E-state index in [9.17, 15) is 19.5 Å². The van der Waals surface area contributed by atoms with E-state index in [0.29, 0.717) is 25.7 Å². The Morgan fingerprint density at radius 2 is 1.49 bits per heavy atom. The molecule has 0 aliphatic heterocycles. The van der Waals surface area contributed by atoms with Crippen LogP contribution < -0.4 is 10.6 Å². The number of aliphatic carboxylic acids is 1. The van der Waals surface area contributed by atoms with Crippen molar-refractivity contribution in [3.05, 3.63) is 59.7 Å². The third-order valence-corrected chi connectivity index (χ3v) is 8.62. The zero-order chi connectivity index (χ0) is 24.3. The standard InChI is InChI=1S/C28H30N2O5/c31-23(29-28(24(32)33)16-26(17-28)10-5-11-26)14-27(12-13-27)30-25(34)35-15-22-20-8-3-1-6-18(20)19-7-2-4-9-21(19)22/h1-4,6-9,22H,5,10-17H2,(H,29,31)(H,30,34)(H,32,33). The average molecular weight is 475 g/mol. The van der Waals surface area contributed by atoms with Gasteiger partial charge in [-0.3, -0.25) is 4.79 Å². The molecule has 0 aromatic heterocycles. The molecule has 182 valence electrons. The van der Waals surface area contributed by atoms with Crippen molar-refractivity contribution in [2.75, 3.05) is 6.61 Å². The molecule has 1 spiro atoms. The molecule has 3 saturated carbocycles. The lowest BCUT2D eigenvalue weighted by Gasteiger charge is -2.59. The Kier molecular flexibility index (Phi) is 4.95. The van der Waals surface area contributed by atoms with Gasteiger partial charge in [-0.15, -0.1) is 0 Å². The van der Waals surface area contributed by atoms with E-state index in [1.54, 1.807) is 0 Å². The summed E-state index contributed by atoms with van der Waals surface area (Å²) in [4.78, 5) is 37.4. The van der Waals surface area contributed by atoms with Gasteiger partial charge in [-0.1, -0.05) is 55.0 Å². The molecule has 0 heterocycles. The number of carboxylic acids is 1. The van der Waals surface area contributed by atoms with Crippen LogP contribution in [0.4, 0.5) is 4.79 Å². The van der Waals surface area contributed by atoms with Crippen LogP contribution in [0.25, 0.3) is 11.1 Å². The van der Waals surface area contributed by atoms with Crippen LogP contribution in [0.1, 0.15) is 68.4 Å². The first-order chi connectivity index (χ1) is 16.8. The quantitative estimate of drug-likeness (QED) is 0.553. The van der Waals surface area contributed by atoms with E-state index in [1.807, 2.05) is 24.3 Å². The van der Waals surface area contributed by atoms with Gasteiger partial charge in [0.2, 0.25) is 5.91 Å². The number of hydrogen-bond donors (Lipinski definition) is 3. The summed E-state index contributed by atoms with van der Waals surface area (Å²) in [6.07, 6.45) is 5.12. The van der Waals surface area contributed by atoms with E-state index in [-0.39, 0.29) is 30.3 Å². The number of benzene rings is 2. The third kappa shape index (κ3) is 3.77. The van der Waals surface area contributed by atoms with Gasteiger partial charge in [-0.2, -0.15) is 0 Å². The van der Waals surface area contributed by atoms with Crippen molar-refractivity contribution in [2.24, 2.45) is 5.41 Å². The van der Waals surface area contributed by atoms with Gasteiger partial charge in [0, 0.05) is 12.3 Å². The zero-order valence-electron chi connectivity index (χ0n) is 19.6. The first kappa shape index (κ1) is 22.1. The molecule has 7 heteroatoms. The molecule has 0 saturated heterocycles. The van der Waals surface area contributed by atoms with Crippen LogP contribution >= 0.6 is 0 Å². The predicted molar refractivity (Wildman–Crippen MR) is 129 cm³/mol. The highest BCUT2D eigenvalue weighted by Crippen LogP contribution is 2.60. The van der Waals surface area contributed by atoms with Gasteiger partial charge in [0.05, 0.1) is 5.54 Å². The van der Waals surface area contributed by atoms with E-state index in [0.717, 1.165) is 30.4 Å². The lowest BCUT2D eigenvalue weighted by Crippen LogP contribution is -2.68. The van der Waals surface area contributed by atoms with Crippen molar-refractivity contribution < 1.29 is 24.2 Å². The van der Waals surface area contributed by atoms with E-state index >= 15 is 0 Å². The molecule has 3 fully saturated rings. The van der Waals surface area contributed by atoms with Crippen molar-refractivity contribution in [1.29, 1.82) is 0 Å². The molecular weight excluding hydrogens is 444 g/mol. The largest absolute Gasteiger partial charge is 0.480 e. The summed E-state index contributed by atoms with van der Waals surface area (Å²) >= 11 is 0. The van der Waals surface area contributed by atoms with Crippen molar-refractivity contribution >= 4 is 18.0 Å². The smallest absolute Gasteiger partial charge is 0.407 e. The lowest BCUT2D eigenvalue weighted by molar-refractivity contribution is -0.165. The van der Waals surface area contributed by atoms with Crippen LogP contribution in [-0.4, -0.2) is 40.8 Å². The molecule has 2 aromatic rings. The average Bonchev–Trinajstić information content (AvgIpc) is 3.45. The highest BCUT2D eigenvalue weighted by molar-refractivity contribution is 5.89. The number of carboxylic acid groups (broad SMARTS) is 1. The number of nitrogens with one attached hydrogen (secondary N) is 2. The summed E-state index contributed by atoms with van der Waals surface area (Å²) in [6.45, 7) is 0.215. The van der Waals surface area contributed by atoms with E-state index in [1.165, 1.54) is 11.1 Å². The maximum Gasteiger partial charge on any atom is 0.407 e. The Morgan fingerprint density at radius 3 is 2.00 bits per heavy atom. The second-order valence-corrected chi connectivity index (χ2v) is 11.1. The van der Waals surface area contributed by atoms with Gasteiger partial charge in [0.1, 0.15) is 12.1 Å². The van der Waals surface area contributed by atoms with Crippen molar-refractivity contribution in [1.82, 2.24) is 10.6 Å². The van der Waals surface area contributed by atoms with Gasteiger partial charge >= 0.3 is 12.1 Å². The van der Waals surface area contributed by atoms with Gasteiger partial charge in [-0.05, 0) is 66.2 Å². The Balaban J connectivity index is 1.05. The lowest BCUT2D eigenvalue weighted by atomic mass is 9.48. The van der Waals surface area contributed by atoms with Crippen LogP contribution in [0.15, 0.2) is 48.5 Å². The fraction of sp³-hybridized carbons (Fsp3) is 0.464. The highest BCUT2D eigenvalue weighted by Gasteiger charge is 2.62.